The van der Waals surface area contributed by atoms with Crippen molar-refractivity contribution in [3.8, 4) is 11.5 Å². The summed E-state index contributed by atoms with van der Waals surface area (Å²) in [4.78, 5) is 10.6. The lowest BCUT2D eigenvalue weighted by molar-refractivity contribution is -0.270. The van der Waals surface area contributed by atoms with Gasteiger partial charge in [-0.1, -0.05) is 5.75 Å². The van der Waals surface area contributed by atoms with Crippen LogP contribution in [-0.4, -0.2) is 28.6 Å². The predicted molar refractivity (Wildman–Crippen MR) is 45.5 cm³/mol. The Morgan fingerprint density at radius 2 is 2.07 bits per heavy atom. The molecule has 0 saturated heterocycles. The van der Waals surface area contributed by atoms with Gasteiger partial charge < -0.3 is 14.9 Å². The number of anilines is 1. The van der Waals surface area contributed by atoms with Crippen LogP contribution in [-0.2, 0) is 0 Å². The van der Waals surface area contributed by atoms with Gasteiger partial charge in [0.25, 0.3) is 0 Å². The number of carboxylic acid groups (broad SMARTS) is 1. The van der Waals surface area contributed by atoms with Crippen molar-refractivity contribution < 1.29 is 30.2 Å². The zero-order valence-electron chi connectivity index (χ0n) is 7.67. The number of aromatic carboxylic acids is 1. The van der Waals surface area contributed by atoms with Gasteiger partial charge in [-0.3, -0.25) is 10.4 Å². The van der Waals surface area contributed by atoms with E-state index in [4.69, 9.17) is 15.5 Å². The Labute approximate surface area is 84.3 Å². The summed E-state index contributed by atoms with van der Waals surface area (Å²) in [7, 11) is 1.21. The number of ether oxygens (including phenoxy) is 1. The number of carboxylic acids is 1. The van der Waals surface area contributed by atoms with E-state index < -0.39 is 23.0 Å². The van der Waals surface area contributed by atoms with E-state index in [0.29, 0.717) is 0 Å². The molecule has 0 bridgehead atoms. The van der Waals surface area contributed by atoms with Gasteiger partial charge in [-0.25, -0.2) is 4.79 Å². The summed E-state index contributed by atoms with van der Waals surface area (Å²) in [6.45, 7) is 0. The third-order valence-electron chi connectivity index (χ3n) is 1.73. The molecule has 0 radical (unpaired) electrons. The Balaban J connectivity index is 3.38. The molecule has 1 aromatic rings. The molecular formula is C8H8NO6-. The van der Waals surface area contributed by atoms with Gasteiger partial charge in [-0.15, -0.1) is 5.23 Å². The summed E-state index contributed by atoms with van der Waals surface area (Å²) in [5.74, 6) is -2.28. The fourth-order valence-corrected chi connectivity index (χ4v) is 1.05. The van der Waals surface area contributed by atoms with Crippen LogP contribution < -0.4 is 15.1 Å². The quantitative estimate of drug-likeness (QED) is 0.609. The van der Waals surface area contributed by atoms with Crippen LogP contribution in [0.3, 0.4) is 0 Å². The smallest absolute Gasteiger partial charge is 0.337 e. The number of rotatable bonds is 3. The molecule has 0 unspecified atom stereocenters. The lowest BCUT2D eigenvalue weighted by Gasteiger charge is -2.17. The van der Waals surface area contributed by atoms with Crippen LogP contribution in [0, 0.1) is 0 Å². The lowest BCUT2D eigenvalue weighted by Crippen LogP contribution is -2.16. The number of nitrogens with zero attached hydrogens (tertiary/aromatic N) is 1. The van der Waals surface area contributed by atoms with Gasteiger partial charge in [0, 0.05) is 6.07 Å². The van der Waals surface area contributed by atoms with Crippen LogP contribution in [0.1, 0.15) is 10.4 Å². The van der Waals surface area contributed by atoms with Crippen molar-refractivity contribution in [1.29, 1.82) is 0 Å². The molecular weight excluding hydrogens is 206 g/mol. The molecule has 0 aromatic heterocycles. The zero-order valence-corrected chi connectivity index (χ0v) is 7.67. The van der Waals surface area contributed by atoms with E-state index in [2.05, 4.69) is 4.74 Å². The number of hydrogen-bond donors (Lipinski definition) is 3. The van der Waals surface area contributed by atoms with Crippen molar-refractivity contribution in [2.24, 2.45) is 0 Å². The molecule has 1 rings (SSSR count). The van der Waals surface area contributed by atoms with Crippen LogP contribution in [0.15, 0.2) is 12.1 Å². The Morgan fingerprint density at radius 3 is 2.47 bits per heavy atom. The summed E-state index contributed by atoms with van der Waals surface area (Å²) in [6.07, 6.45) is 0. The molecule has 1 aromatic carbocycles. The molecule has 15 heavy (non-hydrogen) atoms. The van der Waals surface area contributed by atoms with Gasteiger partial charge in [-0.2, -0.15) is 0 Å². The molecule has 7 nitrogen and oxygen atoms in total. The van der Waals surface area contributed by atoms with E-state index >= 15 is 0 Å². The third-order valence-corrected chi connectivity index (χ3v) is 1.73. The maximum atomic E-state index is 11.2. The second-order valence-corrected chi connectivity index (χ2v) is 2.61. The Morgan fingerprint density at radius 1 is 1.47 bits per heavy atom. The van der Waals surface area contributed by atoms with Crippen molar-refractivity contribution in [2.45, 2.75) is 0 Å². The second-order valence-electron chi connectivity index (χ2n) is 2.61. The molecule has 0 aliphatic rings. The normalized spacial score (nSPS) is 9.80. The highest BCUT2D eigenvalue weighted by Crippen LogP contribution is 2.31. The largest absolute Gasteiger partial charge is 0.870 e. The second kappa shape index (κ2) is 4.03. The third kappa shape index (κ3) is 2.09. The molecule has 0 fully saturated rings. The Bertz CT molecular complexity index is 389. The maximum absolute atomic E-state index is 11.2. The number of hydrogen-bond acceptors (Lipinski definition) is 6. The minimum atomic E-state index is -1.45. The molecule has 0 aliphatic carbocycles. The molecule has 0 aliphatic heterocycles. The van der Waals surface area contributed by atoms with E-state index in [1.807, 2.05) is 0 Å². The molecule has 0 amide bonds. The van der Waals surface area contributed by atoms with E-state index in [1.165, 1.54) is 7.11 Å². The number of methoxy groups -OCH3 is 1. The molecule has 82 valence electrons. The first kappa shape index (κ1) is 11.1. The summed E-state index contributed by atoms with van der Waals surface area (Å²) >= 11 is 0. The monoisotopic (exact) mass is 214 g/mol. The van der Waals surface area contributed by atoms with Gasteiger partial charge in [0.15, 0.2) is 0 Å². The van der Waals surface area contributed by atoms with Crippen molar-refractivity contribution >= 4 is 11.7 Å². The fourth-order valence-electron chi connectivity index (χ4n) is 1.05. The van der Waals surface area contributed by atoms with Crippen molar-refractivity contribution in [1.82, 2.24) is 0 Å². The summed E-state index contributed by atoms with van der Waals surface area (Å²) in [6, 6.07) is 1.67. The Kier molecular flexibility index (Phi) is 2.98. The predicted octanol–water partition coefficient (Wildman–Crippen LogP) is 0.0518. The maximum Gasteiger partial charge on any atom is 0.337 e. The average molecular weight is 214 g/mol. The Hall–Kier alpha value is -1.99. The SMILES string of the molecule is COc1cc(N(O)O)c(C(=O)O)cc1[O-]. The highest BCUT2D eigenvalue weighted by Gasteiger charge is 2.15. The van der Waals surface area contributed by atoms with Gasteiger partial charge in [0.2, 0.25) is 0 Å². The summed E-state index contributed by atoms with van der Waals surface area (Å²) in [5, 5.41) is 36.9. The summed E-state index contributed by atoms with van der Waals surface area (Å²) < 4.78 is 4.62. The molecule has 0 saturated carbocycles. The van der Waals surface area contributed by atoms with E-state index in [0.717, 1.165) is 12.1 Å². The molecule has 0 spiro atoms. The number of carbonyl (C=O) groups is 1. The topological polar surface area (TPSA) is 113 Å². The first-order valence-corrected chi connectivity index (χ1v) is 3.77. The van der Waals surface area contributed by atoms with Gasteiger partial charge in [-0.05, 0) is 6.07 Å². The first-order valence-electron chi connectivity index (χ1n) is 3.77. The van der Waals surface area contributed by atoms with Crippen molar-refractivity contribution in [3.05, 3.63) is 17.7 Å². The molecule has 3 N–H and O–H groups in total. The van der Waals surface area contributed by atoms with Gasteiger partial charge in [0.05, 0.1) is 12.7 Å². The van der Waals surface area contributed by atoms with Crippen LogP contribution in [0.5, 0.6) is 11.5 Å². The van der Waals surface area contributed by atoms with E-state index in [9.17, 15) is 9.90 Å². The summed E-state index contributed by atoms with van der Waals surface area (Å²) in [5.41, 5.74) is -0.968. The van der Waals surface area contributed by atoms with Gasteiger partial charge in [0.1, 0.15) is 11.4 Å². The zero-order chi connectivity index (χ0) is 11.6. The highest BCUT2D eigenvalue weighted by molar-refractivity contribution is 5.95. The van der Waals surface area contributed by atoms with E-state index in [1.54, 1.807) is 0 Å². The van der Waals surface area contributed by atoms with Crippen molar-refractivity contribution in [2.75, 3.05) is 12.3 Å². The average Bonchev–Trinajstić information content (AvgIpc) is 2.16. The van der Waals surface area contributed by atoms with Crippen LogP contribution in [0.2, 0.25) is 0 Å². The fraction of sp³-hybridized carbons (Fsp3) is 0.125. The molecule has 0 atom stereocenters. The molecule has 0 heterocycles. The van der Waals surface area contributed by atoms with Crippen molar-refractivity contribution in [3.63, 3.8) is 0 Å². The van der Waals surface area contributed by atoms with Crippen LogP contribution in [0.25, 0.3) is 0 Å². The highest BCUT2D eigenvalue weighted by atomic mass is 16.8. The van der Waals surface area contributed by atoms with Crippen LogP contribution >= 0.6 is 0 Å². The van der Waals surface area contributed by atoms with E-state index in [-0.39, 0.29) is 11.0 Å². The standard InChI is InChI=1S/C8H9NO6/c1-15-7-3-5(9(13)14)4(8(11)12)2-6(7)10/h2-3,10,13-14H,1H3,(H,11,12)/p-1. The first-order chi connectivity index (χ1) is 6.97. The van der Waals surface area contributed by atoms with Crippen LogP contribution in [0.4, 0.5) is 5.69 Å². The minimum absolute atomic E-state index is 0.178. The van der Waals surface area contributed by atoms with Gasteiger partial charge >= 0.3 is 5.97 Å². The number of benzene rings is 1. The minimum Gasteiger partial charge on any atom is -0.870 e. The molecule has 7 heteroatoms. The lowest BCUT2D eigenvalue weighted by atomic mass is 10.1.